The molecule has 24 heavy (non-hydrogen) atoms. The molecule has 0 aliphatic rings. The lowest BCUT2D eigenvalue weighted by Crippen LogP contribution is -2.00. The first-order chi connectivity index (χ1) is 11.6. The molecular weight excluding hydrogens is 328 g/mol. The number of halogens is 1. The van der Waals surface area contributed by atoms with Crippen molar-refractivity contribution in [3.05, 3.63) is 58.5 Å². The van der Waals surface area contributed by atoms with Gasteiger partial charge in [0.05, 0.1) is 29.7 Å². The van der Waals surface area contributed by atoms with Crippen molar-refractivity contribution >= 4 is 34.4 Å². The third-order valence-corrected chi connectivity index (χ3v) is 3.85. The molecule has 0 atom stereocenters. The SMILES string of the molecule is Cc1ncc(CO)c(C=NNc2ccnc3cc(Cl)ccc23)c1O. The van der Waals surface area contributed by atoms with E-state index in [1.807, 2.05) is 6.07 Å². The number of aromatic hydroxyl groups is 1. The van der Waals surface area contributed by atoms with Crippen molar-refractivity contribution in [2.45, 2.75) is 13.5 Å². The highest BCUT2D eigenvalue weighted by Gasteiger charge is 2.09. The molecule has 3 rings (SSSR count). The molecule has 0 aliphatic heterocycles. The third kappa shape index (κ3) is 3.15. The van der Waals surface area contributed by atoms with E-state index in [9.17, 15) is 10.2 Å². The van der Waals surface area contributed by atoms with Gasteiger partial charge in [-0.2, -0.15) is 5.10 Å². The Hall–Kier alpha value is -2.70. The van der Waals surface area contributed by atoms with Gasteiger partial charge in [0.15, 0.2) is 0 Å². The number of hydrazone groups is 1. The zero-order valence-corrected chi connectivity index (χ0v) is 13.6. The molecular formula is C17H15ClN4O2. The highest BCUT2D eigenvalue weighted by molar-refractivity contribution is 6.31. The fourth-order valence-corrected chi connectivity index (χ4v) is 2.47. The number of nitrogens with zero attached hydrogens (tertiary/aromatic N) is 3. The zero-order chi connectivity index (χ0) is 17.1. The van der Waals surface area contributed by atoms with Crippen LogP contribution in [-0.2, 0) is 6.61 Å². The minimum atomic E-state index is -0.237. The number of rotatable bonds is 4. The van der Waals surface area contributed by atoms with E-state index in [2.05, 4.69) is 20.5 Å². The molecule has 0 bridgehead atoms. The smallest absolute Gasteiger partial charge is 0.145 e. The number of pyridine rings is 2. The normalized spacial score (nSPS) is 11.3. The van der Waals surface area contributed by atoms with E-state index in [-0.39, 0.29) is 12.4 Å². The number of aryl methyl sites for hydroxylation is 1. The maximum absolute atomic E-state index is 10.1. The summed E-state index contributed by atoms with van der Waals surface area (Å²) in [4.78, 5) is 8.28. The summed E-state index contributed by atoms with van der Waals surface area (Å²) in [6.07, 6.45) is 4.63. The number of hydrogen-bond donors (Lipinski definition) is 3. The van der Waals surface area contributed by atoms with Crippen molar-refractivity contribution in [2.24, 2.45) is 5.10 Å². The highest BCUT2D eigenvalue weighted by Crippen LogP contribution is 2.25. The zero-order valence-electron chi connectivity index (χ0n) is 12.9. The van der Waals surface area contributed by atoms with Crippen LogP contribution in [0.25, 0.3) is 10.9 Å². The molecule has 0 saturated carbocycles. The molecule has 0 amide bonds. The van der Waals surface area contributed by atoms with Crippen molar-refractivity contribution in [3.63, 3.8) is 0 Å². The van der Waals surface area contributed by atoms with Gasteiger partial charge >= 0.3 is 0 Å². The van der Waals surface area contributed by atoms with Gasteiger partial charge in [-0.05, 0) is 31.2 Å². The maximum Gasteiger partial charge on any atom is 0.145 e. The molecule has 0 radical (unpaired) electrons. The molecule has 1 aromatic carbocycles. The number of aromatic nitrogens is 2. The molecule has 3 N–H and O–H groups in total. The van der Waals surface area contributed by atoms with Crippen LogP contribution in [0, 0.1) is 6.92 Å². The van der Waals surface area contributed by atoms with Gasteiger partial charge in [0.25, 0.3) is 0 Å². The van der Waals surface area contributed by atoms with Crippen LogP contribution in [0.4, 0.5) is 5.69 Å². The van der Waals surface area contributed by atoms with E-state index >= 15 is 0 Å². The minimum absolute atomic E-state index is 0.00142. The predicted octanol–water partition coefficient (Wildman–Crippen LogP) is 3.24. The second kappa shape index (κ2) is 6.82. The lowest BCUT2D eigenvalue weighted by atomic mass is 10.1. The van der Waals surface area contributed by atoms with Crippen LogP contribution in [0.3, 0.4) is 0 Å². The van der Waals surface area contributed by atoms with Gasteiger partial charge in [0.2, 0.25) is 0 Å². The van der Waals surface area contributed by atoms with E-state index < -0.39 is 0 Å². The maximum atomic E-state index is 10.1. The topological polar surface area (TPSA) is 90.6 Å². The van der Waals surface area contributed by atoms with Crippen molar-refractivity contribution < 1.29 is 10.2 Å². The number of benzene rings is 1. The van der Waals surface area contributed by atoms with Gasteiger partial charge in [-0.25, -0.2) is 0 Å². The molecule has 2 heterocycles. The van der Waals surface area contributed by atoms with Crippen molar-refractivity contribution in [1.29, 1.82) is 0 Å². The molecule has 6 nitrogen and oxygen atoms in total. The summed E-state index contributed by atoms with van der Waals surface area (Å²) in [7, 11) is 0. The number of aliphatic hydroxyl groups is 1. The average molecular weight is 343 g/mol. The van der Waals surface area contributed by atoms with Gasteiger partial charge < -0.3 is 10.2 Å². The second-order valence-electron chi connectivity index (χ2n) is 5.18. The van der Waals surface area contributed by atoms with Crippen LogP contribution in [0.5, 0.6) is 5.75 Å². The van der Waals surface area contributed by atoms with E-state index in [4.69, 9.17) is 11.6 Å². The van der Waals surface area contributed by atoms with Crippen molar-refractivity contribution in [2.75, 3.05) is 5.43 Å². The van der Waals surface area contributed by atoms with Crippen LogP contribution in [0.15, 0.2) is 41.8 Å². The first-order valence-corrected chi connectivity index (χ1v) is 7.59. The standard InChI is InChI=1S/C17H15ClN4O2/c1-10-17(24)14(11(9-23)7-20-10)8-21-22-15-4-5-19-16-6-12(18)2-3-13(15)16/h2-8,23-24H,9H2,1H3,(H,19,22). The van der Waals surface area contributed by atoms with Crippen LogP contribution in [0.1, 0.15) is 16.8 Å². The van der Waals surface area contributed by atoms with E-state index in [1.165, 1.54) is 12.4 Å². The van der Waals surface area contributed by atoms with E-state index in [1.54, 1.807) is 31.3 Å². The van der Waals surface area contributed by atoms with Crippen molar-refractivity contribution in [3.8, 4) is 5.75 Å². The molecule has 0 unspecified atom stereocenters. The molecule has 0 fully saturated rings. The first-order valence-electron chi connectivity index (χ1n) is 7.22. The summed E-state index contributed by atoms with van der Waals surface area (Å²) < 4.78 is 0. The minimum Gasteiger partial charge on any atom is -0.505 e. The monoisotopic (exact) mass is 342 g/mol. The summed E-state index contributed by atoms with van der Waals surface area (Å²) >= 11 is 5.97. The molecule has 0 aliphatic carbocycles. The molecule has 122 valence electrons. The Morgan fingerprint density at radius 1 is 1.29 bits per heavy atom. The molecule has 7 heteroatoms. The van der Waals surface area contributed by atoms with Crippen LogP contribution >= 0.6 is 11.6 Å². The quantitative estimate of drug-likeness (QED) is 0.500. The lowest BCUT2D eigenvalue weighted by molar-refractivity contribution is 0.280. The summed E-state index contributed by atoms with van der Waals surface area (Å²) in [5.41, 5.74) is 5.83. The Kier molecular flexibility index (Phi) is 4.59. The van der Waals surface area contributed by atoms with E-state index in [0.717, 1.165) is 16.6 Å². The number of nitrogens with one attached hydrogen (secondary N) is 1. The molecule has 0 saturated heterocycles. The molecule has 0 spiro atoms. The largest absolute Gasteiger partial charge is 0.505 e. The Morgan fingerprint density at radius 2 is 2.12 bits per heavy atom. The summed E-state index contributed by atoms with van der Waals surface area (Å²) in [6.45, 7) is 1.44. The Balaban J connectivity index is 1.92. The Morgan fingerprint density at radius 3 is 2.92 bits per heavy atom. The summed E-state index contributed by atoms with van der Waals surface area (Å²) in [6, 6.07) is 7.20. The number of hydrogen-bond acceptors (Lipinski definition) is 6. The fourth-order valence-electron chi connectivity index (χ4n) is 2.31. The van der Waals surface area contributed by atoms with Gasteiger partial charge in [0, 0.05) is 33.9 Å². The molecule has 3 aromatic rings. The van der Waals surface area contributed by atoms with Gasteiger partial charge in [-0.3, -0.25) is 15.4 Å². The first kappa shape index (κ1) is 16.2. The van der Waals surface area contributed by atoms with Crippen LogP contribution < -0.4 is 5.43 Å². The summed E-state index contributed by atoms with van der Waals surface area (Å²) in [5.74, 6) is -0.00142. The van der Waals surface area contributed by atoms with E-state index in [0.29, 0.717) is 21.8 Å². The second-order valence-corrected chi connectivity index (χ2v) is 5.62. The lowest BCUT2D eigenvalue weighted by Gasteiger charge is -2.08. The molecule has 2 aromatic heterocycles. The third-order valence-electron chi connectivity index (χ3n) is 3.61. The predicted molar refractivity (Wildman–Crippen MR) is 94.5 cm³/mol. The van der Waals surface area contributed by atoms with Gasteiger partial charge in [-0.15, -0.1) is 0 Å². The number of fused-ring (bicyclic) bond motifs is 1. The van der Waals surface area contributed by atoms with Gasteiger partial charge in [-0.1, -0.05) is 11.6 Å². The number of anilines is 1. The van der Waals surface area contributed by atoms with Gasteiger partial charge in [0.1, 0.15) is 5.75 Å². The average Bonchev–Trinajstić information content (AvgIpc) is 2.58. The fraction of sp³-hybridized carbons (Fsp3) is 0.118. The van der Waals surface area contributed by atoms with Crippen LogP contribution in [-0.4, -0.2) is 26.4 Å². The number of aliphatic hydroxyl groups excluding tert-OH is 1. The Labute approximate surface area is 143 Å². The highest BCUT2D eigenvalue weighted by atomic mass is 35.5. The van der Waals surface area contributed by atoms with Crippen molar-refractivity contribution in [1.82, 2.24) is 9.97 Å². The summed E-state index contributed by atoms with van der Waals surface area (Å²) in [5, 5.41) is 25.1. The Bertz CT molecular complexity index is 928. The van der Waals surface area contributed by atoms with Crippen LogP contribution in [0.2, 0.25) is 5.02 Å².